The quantitative estimate of drug-likeness (QED) is 0.513. The van der Waals surface area contributed by atoms with Gasteiger partial charge in [-0.25, -0.2) is 23.0 Å². The number of anilines is 1. The molecule has 1 aliphatic heterocycles. The SMILES string of the molecule is Cc1cccc(CC2N(CNCCCO)C=NN2c2ccc(S(N)(=O)=O)cc2F)c1. The fraction of sp³-hybridized carbons (Fsp3) is 0.350. The van der Waals surface area contributed by atoms with Crippen LogP contribution < -0.4 is 15.5 Å². The molecule has 0 saturated heterocycles. The summed E-state index contributed by atoms with van der Waals surface area (Å²) in [5.74, 6) is -0.719. The Morgan fingerprint density at radius 2 is 2.07 bits per heavy atom. The average Bonchev–Trinajstić information content (AvgIpc) is 3.07. The molecule has 2 aromatic rings. The van der Waals surface area contributed by atoms with E-state index in [1.54, 1.807) is 6.34 Å². The zero-order valence-electron chi connectivity index (χ0n) is 16.7. The van der Waals surface area contributed by atoms with Crippen LogP contribution in [0.2, 0.25) is 0 Å². The van der Waals surface area contributed by atoms with E-state index in [2.05, 4.69) is 16.5 Å². The van der Waals surface area contributed by atoms with Crippen molar-refractivity contribution in [2.24, 2.45) is 10.2 Å². The number of aryl methyl sites for hydroxylation is 1. The summed E-state index contributed by atoms with van der Waals surface area (Å²) in [6.45, 7) is 3.20. The maximum Gasteiger partial charge on any atom is 0.238 e. The van der Waals surface area contributed by atoms with Crippen LogP contribution in [0, 0.1) is 12.7 Å². The van der Waals surface area contributed by atoms with Gasteiger partial charge in [-0.05, 0) is 43.7 Å². The molecule has 0 aromatic heterocycles. The smallest absolute Gasteiger partial charge is 0.238 e. The molecule has 1 heterocycles. The van der Waals surface area contributed by atoms with E-state index >= 15 is 0 Å². The van der Waals surface area contributed by atoms with Crippen LogP contribution in [-0.4, -0.2) is 50.7 Å². The summed E-state index contributed by atoms with van der Waals surface area (Å²) in [5.41, 5.74) is 2.35. The third-order valence-electron chi connectivity index (χ3n) is 4.79. The molecule has 2 aromatic carbocycles. The van der Waals surface area contributed by atoms with Crippen LogP contribution >= 0.6 is 0 Å². The highest BCUT2D eigenvalue weighted by molar-refractivity contribution is 7.89. The molecule has 1 aliphatic rings. The van der Waals surface area contributed by atoms with Gasteiger partial charge in [0.05, 0.1) is 17.3 Å². The normalized spacial score (nSPS) is 16.5. The van der Waals surface area contributed by atoms with Crippen molar-refractivity contribution in [3.63, 3.8) is 0 Å². The molecule has 0 fully saturated rings. The van der Waals surface area contributed by atoms with Crippen LogP contribution in [-0.2, 0) is 16.4 Å². The van der Waals surface area contributed by atoms with E-state index < -0.39 is 15.8 Å². The summed E-state index contributed by atoms with van der Waals surface area (Å²) < 4.78 is 37.8. The van der Waals surface area contributed by atoms with Crippen LogP contribution in [0.4, 0.5) is 10.1 Å². The number of rotatable bonds is 9. The molecule has 0 saturated carbocycles. The molecule has 162 valence electrons. The van der Waals surface area contributed by atoms with Crippen molar-refractivity contribution in [2.45, 2.75) is 30.8 Å². The lowest BCUT2D eigenvalue weighted by Crippen LogP contribution is -2.46. The zero-order chi connectivity index (χ0) is 21.7. The second-order valence-corrected chi connectivity index (χ2v) is 8.72. The maximum atomic E-state index is 14.8. The summed E-state index contributed by atoms with van der Waals surface area (Å²) in [4.78, 5) is 1.65. The van der Waals surface area contributed by atoms with E-state index in [1.807, 2.05) is 30.0 Å². The summed E-state index contributed by atoms with van der Waals surface area (Å²) in [5, 5.41) is 23.2. The molecule has 3 rings (SSSR count). The predicted molar refractivity (Wildman–Crippen MR) is 114 cm³/mol. The number of nitrogens with two attached hydrogens (primary N) is 1. The molecule has 0 spiro atoms. The first kappa shape index (κ1) is 22.2. The third-order valence-corrected chi connectivity index (χ3v) is 5.70. The van der Waals surface area contributed by atoms with Gasteiger partial charge in [-0.2, -0.15) is 5.10 Å². The minimum atomic E-state index is -4.00. The van der Waals surface area contributed by atoms with Crippen LogP contribution in [0.3, 0.4) is 0 Å². The van der Waals surface area contributed by atoms with Crippen molar-refractivity contribution in [3.05, 3.63) is 59.4 Å². The number of nitrogens with one attached hydrogen (secondary N) is 1. The third kappa shape index (κ3) is 5.33. The predicted octanol–water partition coefficient (Wildman–Crippen LogP) is 1.35. The summed E-state index contributed by atoms with van der Waals surface area (Å²) in [7, 11) is -4.00. The lowest BCUT2D eigenvalue weighted by atomic mass is 10.1. The number of aliphatic hydroxyl groups is 1. The zero-order valence-corrected chi connectivity index (χ0v) is 17.5. The molecule has 4 N–H and O–H groups in total. The molecule has 1 atom stereocenters. The van der Waals surface area contributed by atoms with Crippen molar-refractivity contribution in [3.8, 4) is 0 Å². The first-order chi connectivity index (χ1) is 14.3. The molecule has 30 heavy (non-hydrogen) atoms. The molecule has 10 heteroatoms. The average molecular weight is 436 g/mol. The van der Waals surface area contributed by atoms with Gasteiger partial charge in [-0.15, -0.1) is 0 Å². The number of aliphatic hydroxyl groups excluding tert-OH is 1. The second-order valence-electron chi connectivity index (χ2n) is 7.16. The minimum Gasteiger partial charge on any atom is -0.396 e. The highest BCUT2D eigenvalue weighted by Crippen LogP contribution is 2.29. The van der Waals surface area contributed by atoms with Crippen molar-refractivity contribution in [1.29, 1.82) is 0 Å². The molecule has 0 amide bonds. The Bertz CT molecular complexity index is 1020. The van der Waals surface area contributed by atoms with Crippen molar-refractivity contribution < 1.29 is 17.9 Å². The molecule has 0 aliphatic carbocycles. The largest absolute Gasteiger partial charge is 0.396 e. The number of hydrazone groups is 1. The van der Waals surface area contributed by atoms with Crippen molar-refractivity contribution in [1.82, 2.24) is 10.2 Å². The molecule has 1 unspecified atom stereocenters. The van der Waals surface area contributed by atoms with Crippen LogP contribution in [0.5, 0.6) is 0 Å². The summed E-state index contributed by atoms with van der Waals surface area (Å²) in [6, 6.07) is 11.6. The lowest BCUT2D eigenvalue weighted by Gasteiger charge is -2.31. The van der Waals surface area contributed by atoms with E-state index in [1.165, 1.54) is 17.1 Å². The van der Waals surface area contributed by atoms with E-state index in [-0.39, 0.29) is 23.4 Å². The van der Waals surface area contributed by atoms with E-state index in [0.29, 0.717) is 26.1 Å². The van der Waals surface area contributed by atoms with Gasteiger partial charge in [0.15, 0.2) is 0 Å². The van der Waals surface area contributed by atoms with Gasteiger partial charge in [0.25, 0.3) is 0 Å². The van der Waals surface area contributed by atoms with Crippen molar-refractivity contribution in [2.75, 3.05) is 24.8 Å². The van der Waals surface area contributed by atoms with Gasteiger partial charge < -0.3 is 10.0 Å². The molecule has 8 nitrogen and oxygen atoms in total. The van der Waals surface area contributed by atoms with Gasteiger partial charge in [0.1, 0.15) is 18.3 Å². The number of hydrogen-bond donors (Lipinski definition) is 3. The monoisotopic (exact) mass is 435 g/mol. The first-order valence-corrected chi connectivity index (χ1v) is 11.1. The highest BCUT2D eigenvalue weighted by atomic mass is 32.2. The fourth-order valence-corrected chi connectivity index (χ4v) is 3.83. The van der Waals surface area contributed by atoms with Gasteiger partial charge in [-0.3, -0.25) is 5.32 Å². The second kappa shape index (κ2) is 9.52. The highest BCUT2D eigenvalue weighted by Gasteiger charge is 2.31. The summed E-state index contributed by atoms with van der Waals surface area (Å²) in [6.07, 6.45) is 2.50. The topological polar surface area (TPSA) is 111 Å². The number of halogens is 1. The van der Waals surface area contributed by atoms with E-state index in [0.717, 1.165) is 17.2 Å². The Balaban J connectivity index is 1.87. The Hall–Kier alpha value is -2.53. The number of hydrogen-bond acceptors (Lipinski definition) is 7. The maximum absolute atomic E-state index is 14.8. The lowest BCUT2D eigenvalue weighted by molar-refractivity contribution is 0.272. The number of benzene rings is 2. The van der Waals surface area contributed by atoms with Crippen LogP contribution in [0.25, 0.3) is 0 Å². The minimum absolute atomic E-state index is 0.0988. The van der Waals surface area contributed by atoms with Crippen LogP contribution in [0.15, 0.2) is 52.5 Å². The summed E-state index contributed by atoms with van der Waals surface area (Å²) >= 11 is 0. The number of primary sulfonamides is 1. The van der Waals surface area contributed by atoms with Crippen molar-refractivity contribution >= 4 is 22.0 Å². The molecular weight excluding hydrogens is 409 g/mol. The number of sulfonamides is 1. The molecule has 0 bridgehead atoms. The van der Waals surface area contributed by atoms with Gasteiger partial charge in [0, 0.05) is 13.0 Å². The van der Waals surface area contributed by atoms with Gasteiger partial charge in [0.2, 0.25) is 10.0 Å². The molecule has 0 radical (unpaired) electrons. The van der Waals surface area contributed by atoms with E-state index in [9.17, 15) is 12.8 Å². The number of nitrogens with zero attached hydrogens (tertiary/aromatic N) is 3. The Morgan fingerprint density at radius 1 is 1.27 bits per heavy atom. The van der Waals surface area contributed by atoms with Crippen LogP contribution in [0.1, 0.15) is 17.5 Å². The van der Waals surface area contributed by atoms with E-state index in [4.69, 9.17) is 10.2 Å². The Kier molecular flexibility index (Phi) is 7.03. The Morgan fingerprint density at radius 3 is 2.73 bits per heavy atom. The fourth-order valence-electron chi connectivity index (χ4n) is 3.30. The van der Waals surface area contributed by atoms with Gasteiger partial charge in [-0.1, -0.05) is 29.8 Å². The molecular formula is C20H26FN5O3S. The Labute approximate surface area is 175 Å². The standard InChI is InChI=1S/C20H26FN5O3S/c1-15-4-2-5-16(10-15)11-20-25(13-23-8-3-9-27)14-24-26(20)19-7-6-17(12-18(19)21)30(22,28)29/h2,4-7,10,12,14,20,23,27H,3,8-9,11,13H2,1H3,(H2,22,28,29). The van der Waals surface area contributed by atoms with Gasteiger partial charge >= 0.3 is 0 Å². The first-order valence-electron chi connectivity index (χ1n) is 9.58.